The van der Waals surface area contributed by atoms with E-state index in [9.17, 15) is 12.6 Å². The smallest absolute Gasteiger partial charge is 0.233 e. The normalized spacial score (nSPS) is 20.1. The number of aryl methyl sites for hydroxylation is 1. The minimum Gasteiger partial charge on any atom is -0.233 e. The van der Waals surface area contributed by atoms with Gasteiger partial charge in [-0.15, -0.1) is 0 Å². The molecule has 0 saturated carbocycles. The van der Waals surface area contributed by atoms with E-state index in [2.05, 4.69) is 3.77 Å². The third-order valence-corrected chi connectivity index (χ3v) is 7.18. The lowest BCUT2D eigenvalue weighted by molar-refractivity contribution is 0.531. The molecule has 0 radical (unpaired) electrons. The van der Waals surface area contributed by atoms with Gasteiger partial charge in [0, 0.05) is 19.3 Å². The molecule has 0 aliphatic carbocycles. The number of sulfonamides is 1. The van der Waals surface area contributed by atoms with Crippen LogP contribution in [0.1, 0.15) is 18.4 Å². The summed E-state index contributed by atoms with van der Waals surface area (Å²) in [6.07, 6.45) is 3.26. The molecule has 0 amide bonds. The number of hydrogen-bond donors (Lipinski definition) is 0. The molecule has 1 aromatic carbocycles. The van der Waals surface area contributed by atoms with Crippen molar-refractivity contribution in [3.05, 3.63) is 29.8 Å². The Bertz CT molecular complexity index is 665. The zero-order valence-electron chi connectivity index (χ0n) is 11.1. The van der Waals surface area contributed by atoms with Crippen LogP contribution in [0.2, 0.25) is 0 Å². The Hall–Kier alpha value is -0.920. The Morgan fingerprint density at radius 3 is 2.11 bits per heavy atom. The molecule has 0 spiro atoms. The minimum atomic E-state index is -3.86. The zero-order valence-corrected chi connectivity index (χ0v) is 12.7. The molecule has 1 aromatic rings. The lowest BCUT2D eigenvalue weighted by Crippen LogP contribution is -2.27. The second-order valence-electron chi connectivity index (χ2n) is 4.76. The molecule has 0 N–H and O–H groups in total. The first-order valence-electron chi connectivity index (χ1n) is 6.11. The largest absolute Gasteiger partial charge is 0.291 e. The summed E-state index contributed by atoms with van der Waals surface area (Å²) >= 11 is 0. The van der Waals surface area contributed by atoms with E-state index in [4.69, 9.17) is 0 Å². The van der Waals surface area contributed by atoms with Crippen molar-refractivity contribution in [3.8, 4) is 0 Å². The summed E-state index contributed by atoms with van der Waals surface area (Å²) < 4.78 is 42.0. The molecule has 1 aliphatic heterocycles. The maximum Gasteiger partial charge on any atom is 0.291 e. The van der Waals surface area contributed by atoms with Crippen LogP contribution in [0.15, 0.2) is 32.9 Å². The molecule has 2 rings (SSSR count). The van der Waals surface area contributed by atoms with Gasteiger partial charge in [-0.25, -0.2) is 8.51 Å². The van der Waals surface area contributed by atoms with Crippen LogP contribution in [-0.4, -0.2) is 36.3 Å². The van der Waals surface area contributed by atoms with Gasteiger partial charge in [0.25, 0.3) is 10.0 Å². The van der Waals surface area contributed by atoms with Gasteiger partial charge in [-0.1, -0.05) is 21.5 Å². The molecule has 1 unspecified atom stereocenters. The highest BCUT2D eigenvalue weighted by molar-refractivity contribution is 8.01. The Morgan fingerprint density at radius 2 is 1.58 bits per heavy atom. The Balaban J connectivity index is 2.40. The van der Waals surface area contributed by atoms with Crippen LogP contribution >= 0.6 is 0 Å². The van der Waals surface area contributed by atoms with Crippen LogP contribution in [0.4, 0.5) is 0 Å². The van der Waals surface area contributed by atoms with E-state index in [1.807, 2.05) is 6.92 Å². The molecule has 0 aromatic heterocycles. The summed E-state index contributed by atoms with van der Waals surface area (Å²) in [5.41, 5.74) is 0.968. The van der Waals surface area contributed by atoms with Crippen molar-refractivity contribution in [2.24, 2.45) is 3.77 Å². The average Bonchev–Trinajstić information content (AvgIpc) is 2.82. The van der Waals surface area contributed by atoms with E-state index in [1.54, 1.807) is 16.4 Å². The minimum absolute atomic E-state index is 0.0897. The van der Waals surface area contributed by atoms with Gasteiger partial charge in [-0.3, -0.25) is 0 Å². The summed E-state index contributed by atoms with van der Waals surface area (Å²) in [5.74, 6) is 0. The van der Waals surface area contributed by atoms with Crippen LogP contribution in [0.25, 0.3) is 0 Å². The first-order chi connectivity index (χ1) is 8.81. The third-order valence-electron chi connectivity index (χ3n) is 3.10. The fourth-order valence-electron chi connectivity index (χ4n) is 2.01. The number of hydrogen-bond acceptors (Lipinski definition) is 3. The average molecular weight is 302 g/mol. The van der Waals surface area contributed by atoms with Crippen molar-refractivity contribution in [1.82, 2.24) is 4.31 Å². The van der Waals surface area contributed by atoms with E-state index in [0.717, 1.165) is 18.4 Å². The van der Waals surface area contributed by atoms with Gasteiger partial charge in [0.15, 0.2) is 0 Å². The SMILES string of the molecule is Cc1ccc(S(=O)(=O)N=S(C)(=O)N2CCCC2)cc1. The van der Waals surface area contributed by atoms with Crippen LogP contribution in [0, 0.1) is 6.92 Å². The zero-order chi connectivity index (χ0) is 14.1. The molecule has 19 heavy (non-hydrogen) atoms. The van der Waals surface area contributed by atoms with Crippen LogP contribution in [0.5, 0.6) is 0 Å². The third kappa shape index (κ3) is 3.34. The summed E-state index contributed by atoms with van der Waals surface area (Å²) in [6.45, 7) is 3.16. The second kappa shape index (κ2) is 5.22. The van der Waals surface area contributed by atoms with E-state index in [1.165, 1.54) is 18.4 Å². The summed E-state index contributed by atoms with van der Waals surface area (Å²) in [7, 11) is -6.72. The fourth-order valence-corrected chi connectivity index (χ4v) is 5.60. The molecular weight excluding hydrogens is 284 g/mol. The molecule has 106 valence electrons. The monoisotopic (exact) mass is 302 g/mol. The molecule has 1 saturated heterocycles. The highest BCUT2D eigenvalue weighted by atomic mass is 32.3. The van der Waals surface area contributed by atoms with Gasteiger partial charge in [0.1, 0.15) is 9.92 Å². The summed E-state index contributed by atoms with van der Waals surface area (Å²) in [5, 5.41) is 0. The molecule has 1 heterocycles. The van der Waals surface area contributed by atoms with Crippen molar-refractivity contribution >= 4 is 19.9 Å². The summed E-state index contributed by atoms with van der Waals surface area (Å²) in [6, 6.07) is 6.40. The number of benzene rings is 1. The van der Waals surface area contributed by atoms with Crippen molar-refractivity contribution in [2.45, 2.75) is 24.7 Å². The van der Waals surface area contributed by atoms with Crippen molar-refractivity contribution in [3.63, 3.8) is 0 Å². The van der Waals surface area contributed by atoms with E-state index < -0.39 is 19.9 Å². The number of nitrogens with zero attached hydrogens (tertiary/aromatic N) is 2. The van der Waals surface area contributed by atoms with Crippen LogP contribution < -0.4 is 0 Å². The lowest BCUT2D eigenvalue weighted by atomic mass is 10.2. The predicted octanol–water partition coefficient (Wildman–Crippen LogP) is 1.79. The molecular formula is C12H18N2O3S2. The summed E-state index contributed by atoms with van der Waals surface area (Å²) in [4.78, 5) is 0.0897. The van der Waals surface area contributed by atoms with Crippen LogP contribution in [0.3, 0.4) is 0 Å². The molecule has 1 fully saturated rings. The van der Waals surface area contributed by atoms with Gasteiger partial charge >= 0.3 is 0 Å². The Morgan fingerprint density at radius 1 is 1.05 bits per heavy atom. The molecule has 1 aliphatic rings. The first kappa shape index (κ1) is 14.5. The van der Waals surface area contributed by atoms with Gasteiger partial charge in [-0.05, 0) is 31.9 Å². The van der Waals surface area contributed by atoms with E-state index in [-0.39, 0.29) is 4.90 Å². The molecule has 7 heteroatoms. The standard InChI is InChI=1S/C12H18N2O3S2/c1-11-5-7-12(8-6-11)19(16,17)13-18(2,15)14-9-3-4-10-14/h5-8H,3-4,9-10H2,1-2H3. The highest BCUT2D eigenvalue weighted by Gasteiger charge is 2.23. The number of rotatable bonds is 3. The predicted molar refractivity (Wildman–Crippen MR) is 75.7 cm³/mol. The van der Waals surface area contributed by atoms with Crippen LogP contribution in [-0.2, 0) is 19.9 Å². The van der Waals surface area contributed by atoms with Gasteiger partial charge < -0.3 is 0 Å². The van der Waals surface area contributed by atoms with Gasteiger partial charge in [0.05, 0.1) is 4.90 Å². The fraction of sp³-hybridized carbons (Fsp3) is 0.500. The lowest BCUT2D eigenvalue weighted by Gasteiger charge is -2.16. The van der Waals surface area contributed by atoms with Crippen molar-refractivity contribution < 1.29 is 12.6 Å². The topological polar surface area (TPSA) is 66.8 Å². The first-order valence-corrected chi connectivity index (χ1v) is 9.43. The maximum atomic E-state index is 12.4. The Kier molecular flexibility index (Phi) is 3.98. The van der Waals surface area contributed by atoms with Crippen molar-refractivity contribution in [2.75, 3.05) is 19.3 Å². The highest BCUT2D eigenvalue weighted by Crippen LogP contribution is 2.19. The Labute approximate surface area is 115 Å². The quantitative estimate of drug-likeness (QED) is 0.855. The van der Waals surface area contributed by atoms with E-state index in [0.29, 0.717) is 13.1 Å². The van der Waals surface area contributed by atoms with Crippen molar-refractivity contribution in [1.29, 1.82) is 0 Å². The molecule has 5 nitrogen and oxygen atoms in total. The van der Waals surface area contributed by atoms with E-state index >= 15 is 0 Å². The maximum absolute atomic E-state index is 12.4. The van der Waals surface area contributed by atoms with Gasteiger partial charge in [-0.2, -0.15) is 8.42 Å². The molecule has 0 bridgehead atoms. The molecule has 1 atom stereocenters. The van der Waals surface area contributed by atoms with Gasteiger partial charge in [0.2, 0.25) is 0 Å². The second-order valence-corrected chi connectivity index (χ2v) is 8.82.